The van der Waals surface area contributed by atoms with Crippen molar-refractivity contribution in [2.45, 2.75) is 32.7 Å². The largest absolute Gasteiger partial charge is 0.341 e. The summed E-state index contributed by atoms with van der Waals surface area (Å²) in [5.74, 6) is -0.175. The van der Waals surface area contributed by atoms with Gasteiger partial charge in [-0.1, -0.05) is 12.1 Å². The summed E-state index contributed by atoms with van der Waals surface area (Å²) >= 11 is 0. The molecule has 3 heteroatoms. The number of aryl methyl sites for hydroxylation is 1. The number of halogens is 1. The number of fused-ring (bicyclic) bond motifs is 1. The Bertz CT molecular complexity index is 664. The van der Waals surface area contributed by atoms with Crippen LogP contribution in [-0.4, -0.2) is 12.6 Å². The van der Waals surface area contributed by atoms with Gasteiger partial charge in [-0.05, 0) is 67.6 Å². The van der Waals surface area contributed by atoms with Gasteiger partial charge in [0.05, 0.1) is 0 Å². The van der Waals surface area contributed by atoms with E-state index in [0.717, 1.165) is 30.8 Å². The van der Waals surface area contributed by atoms with Crippen LogP contribution in [0.3, 0.4) is 0 Å². The van der Waals surface area contributed by atoms with Gasteiger partial charge in [-0.3, -0.25) is 0 Å². The lowest BCUT2D eigenvalue weighted by atomic mass is 10.0. The fraction of sp³-hybridized carbons (Fsp3) is 0.333. The first-order chi connectivity index (χ1) is 10.0. The zero-order chi connectivity index (χ0) is 15.0. The number of nitrogens with zero attached hydrogens (tertiary/aromatic N) is 1. The third-order valence-corrected chi connectivity index (χ3v) is 4.12. The van der Waals surface area contributed by atoms with Crippen LogP contribution < -0.4 is 10.6 Å². The molecule has 0 saturated heterocycles. The third-order valence-electron chi connectivity index (χ3n) is 4.12. The first-order valence-electron chi connectivity index (χ1n) is 7.45. The van der Waals surface area contributed by atoms with Crippen LogP contribution in [0.25, 0.3) is 0 Å². The van der Waals surface area contributed by atoms with Crippen LogP contribution >= 0.6 is 0 Å². The highest BCUT2D eigenvalue weighted by Crippen LogP contribution is 2.35. The molecule has 1 unspecified atom stereocenters. The maximum absolute atomic E-state index is 13.5. The van der Waals surface area contributed by atoms with E-state index in [-0.39, 0.29) is 11.9 Å². The minimum atomic E-state index is -0.175. The second kappa shape index (κ2) is 5.49. The molecule has 0 aromatic heterocycles. The SMILES string of the molecule is Cc1cc(N2CCc3ccc(F)cc32)ccc1CC(C)N. The van der Waals surface area contributed by atoms with Crippen molar-refractivity contribution in [2.75, 3.05) is 11.4 Å². The highest BCUT2D eigenvalue weighted by atomic mass is 19.1. The van der Waals surface area contributed by atoms with E-state index in [1.165, 1.54) is 16.7 Å². The summed E-state index contributed by atoms with van der Waals surface area (Å²) in [5, 5.41) is 0. The quantitative estimate of drug-likeness (QED) is 0.930. The molecule has 0 saturated carbocycles. The van der Waals surface area contributed by atoms with Crippen molar-refractivity contribution in [2.24, 2.45) is 5.73 Å². The highest BCUT2D eigenvalue weighted by molar-refractivity contribution is 5.70. The van der Waals surface area contributed by atoms with Crippen molar-refractivity contribution < 1.29 is 4.39 Å². The van der Waals surface area contributed by atoms with Gasteiger partial charge in [0.25, 0.3) is 0 Å². The first-order valence-corrected chi connectivity index (χ1v) is 7.45. The van der Waals surface area contributed by atoms with Gasteiger partial charge in [0, 0.05) is 24.0 Å². The minimum absolute atomic E-state index is 0.163. The molecule has 0 aliphatic carbocycles. The van der Waals surface area contributed by atoms with E-state index in [9.17, 15) is 4.39 Å². The number of hydrogen-bond donors (Lipinski definition) is 1. The molecule has 1 heterocycles. The number of anilines is 2. The van der Waals surface area contributed by atoms with Crippen molar-refractivity contribution in [3.05, 3.63) is 58.9 Å². The summed E-state index contributed by atoms with van der Waals surface area (Å²) in [6, 6.07) is 11.7. The normalized spacial score (nSPS) is 15.1. The lowest BCUT2D eigenvalue weighted by Crippen LogP contribution is -2.19. The maximum atomic E-state index is 13.5. The molecule has 1 aliphatic rings. The van der Waals surface area contributed by atoms with E-state index < -0.39 is 0 Å². The van der Waals surface area contributed by atoms with Crippen LogP contribution in [0.2, 0.25) is 0 Å². The fourth-order valence-electron chi connectivity index (χ4n) is 3.04. The van der Waals surface area contributed by atoms with E-state index in [4.69, 9.17) is 5.73 Å². The molecule has 0 fully saturated rings. The summed E-state index contributed by atoms with van der Waals surface area (Å²) in [4.78, 5) is 2.20. The molecular formula is C18H21FN2. The molecule has 110 valence electrons. The predicted octanol–water partition coefficient (Wildman–Crippen LogP) is 3.72. The Kier molecular flexibility index (Phi) is 3.68. The summed E-state index contributed by atoms with van der Waals surface area (Å²) in [6.45, 7) is 5.04. The molecule has 2 N–H and O–H groups in total. The number of rotatable bonds is 3. The molecule has 0 amide bonds. The number of hydrogen-bond acceptors (Lipinski definition) is 2. The van der Waals surface area contributed by atoms with E-state index in [0.29, 0.717) is 0 Å². The molecule has 0 bridgehead atoms. The van der Waals surface area contributed by atoms with Gasteiger partial charge < -0.3 is 10.6 Å². The van der Waals surface area contributed by atoms with Crippen LogP contribution in [0.1, 0.15) is 23.6 Å². The lowest BCUT2D eigenvalue weighted by molar-refractivity contribution is 0.628. The fourth-order valence-corrected chi connectivity index (χ4v) is 3.04. The molecule has 2 aromatic rings. The topological polar surface area (TPSA) is 29.3 Å². The van der Waals surface area contributed by atoms with Crippen molar-refractivity contribution in [3.63, 3.8) is 0 Å². The molecule has 21 heavy (non-hydrogen) atoms. The molecule has 2 aromatic carbocycles. The van der Waals surface area contributed by atoms with E-state index in [1.54, 1.807) is 12.1 Å². The first kappa shape index (κ1) is 14.1. The van der Waals surface area contributed by atoms with Gasteiger partial charge in [-0.25, -0.2) is 4.39 Å². The van der Waals surface area contributed by atoms with Gasteiger partial charge in [0.2, 0.25) is 0 Å². The van der Waals surface area contributed by atoms with Crippen LogP contribution in [0, 0.1) is 12.7 Å². The molecule has 3 rings (SSSR count). The average molecular weight is 284 g/mol. The Morgan fingerprint density at radius 3 is 2.76 bits per heavy atom. The van der Waals surface area contributed by atoms with Crippen LogP contribution in [0.15, 0.2) is 36.4 Å². The Hall–Kier alpha value is -1.87. The Balaban J connectivity index is 1.93. The Morgan fingerprint density at radius 1 is 1.24 bits per heavy atom. The number of benzene rings is 2. The average Bonchev–Trinajstić information content (AvgIpc) is 2.83. The molecule has 1 aliphatic heterocycles. The summed E-state index contributed by atoms with van der Waals surface area (Å²) < 4.78 is 13.5. The predicted molar refractivity (Wildman–Crippen MR) is 85.6 cm³/mol. The Labute approximate surface area is 125 Å². The molecule has 2 nitrogen and oxygen atoms in total. The van der Waals surface area contributed by atoms with Gasteiger partial charge in [0.15, 0.2) is 0 Å². The zero-order valence-corrected chi connectivity index (χ0v) is 12.6. The molecule has 0 radical (unpaired) electrons. The monoisotopic (exact) mass is 284 g/mol. The van der Waals surface area contributed by atoms with E-state index >= 15 is 0 Å². The summed E-state index contributed by atoms with van der Waals surface area (Å²) in [7, 11) is 0. The lowest BCUT2D eigenvalue weighted by Gasteiger charge is -2.21. The van der Waals surface area contributed by atoms with Gasteiger partial charge >= 0.3 is 0 Å². The Morgan fingerprint density at radius 2 is 2.05 bits per heavy atom. The van der Waals surface area contributed by atoms with E-state index in [2.05, 4.69) is 30.0 Å². The van der Waals surface area contributed by atoms with Crippen molar-refractivity contribution in [1.82, 2.24) is 0 Å². The second-order valence-corrected chi connectivity index (χ2v) is 5.97. The summed E-state index contributed by atoms with van der Waals surface area (Å²) in [5.41, 5.74) is 11.8. The van der Waals surface area contributed by atoms with Crippen LogP contribution in [0.4, 0.5) is 15.8 Å². The standard InChI is InChI=1S/C18H21FN2/c1-12-9-17(6-4-15(12)10-13(2)20)21-8-7-14-3-5-16(19)11-18(14)21/h3-6,9,11,13H,7-8,10,20H2,1-2H3. The molecule has 0 spiro atoms. The van der Waals surface area contributed by atoms with Crippen molar-refractivity contribution in [3.8, 4) is 0 Å². The third kappa shape index (κ3) is 2.79. The maximum Gasteiger partial charge on any atom is 0.125 e. The van der Waals surface area contributed by atoms with E-state index in [1.807, 2.05) is 13.0 Å². The minimum Gasteiger partial charge on any atom is -0.341 e. The number of nitrogens with two attached hydrogens (primary N) is 1. The van der Waals surface area contributed by atoms with Gasteiger partial charge in [-0.15, -0.1) is 0 Å². The van der Waals surface area contributed by atoms with Gasteiger partial charge in [-0.2, -0.15) is 0 Å². The second-order valence-electron chi connectivity index (χ2n) is 5.97. The van der Waals surface area contributed by atoms with Crippen molar-refractivity contribution in [1.29, 1.82) is 0 Å². The molecular weight excluding hydrogens is 263 g/mol. The zero-order valence-electron chi connectivity index (χ0n) is 12.6. The van der Waals surface area contributed by atoms with Gasteiger partial charge in [0.1, 0.15) is 5.82 Å². The highest BCUT2D eigenvalue weighted by Gasteiger charge is 2.21. The summed E-state index contributed by atoms with van der Waals surface area (Å²) in [6.07, 6.45) is 1.85. The van der Waals surface area contributed by atoms with Crippen molar-refractivity contribution >= 4 is 11.4 Å². The van der Waals surface area contributed by atoms with Crippen LogP contribution in [-0.2, 0) is 12.8 Å². The molecule has 1 atom stereocenters. The van der Waals surface area contributed by atoms with Crippen LogP contribution in [0.5, 0.6) is 0 Å². The smallest absolute Gasteiger partial charge is 0.125 e.